The minimum atomic E-state index is 0.374. The van der Waals surface area contributed by atoms with E-state index in [1.165, 1.54) is 5.56 Å². The number of hydrogen-bond donors (Lipinski definition) is 1. The third kappa shape index (κ3) is 3.43. The Morgan fingerprint density at radius 3 is 2.67 bits per heavy atom. The standard InChI is InChI=1S/C14H24N4/c1-3-17(2)11-12-4-5-14(16-10-12)18-8-6-13(15)7-9-18/h4-5,10,13H,3,6-9,11,15H2,1-2H3. The quantitative estimate of drug-likeness (QED) is 0.876. The molecule has 18 heavy (non-hydrogen) atoms. The molecule has 0 unspecified atom stereocenters. The van der Waals surface area contributed by atoms with Crippen LogP contribution in [-0.2, 0) is 6.54 Å². The maximum Gasteiger partial charge on any atom is 0.128 e. The van der Waals surface area contributed by atoms with Crippen molar-refractivity contribution in [2.45, 2.75) is 32.4 Å². The molecule has 1 aliphatic heterocycles. The largest absolute Gasteiger partial charge is 0.357 e. The number of rotatable bonds is 4. The van der Waals surface area contributed by atoms with Gasteiger partial charge in [-0.3, -0.25) is 0 Å². The smallest absolute Gasteiger partial charge is 0.128 e. The average molecular weight is 248 g/mol. The van der Waals surface area contributed by atoms with Gasteiger partial charge < -0.3 is 15.5 Å². The van der Waals surface area contributed by atoms with Crippen molar-refractivity contribution in [3.05, 3.63) is 23.9 Å². The molecule has 0 aliphatic carbocycles. The van der Waals surface area contributed by atoms with Gasteiger partial charge in [-0.2, -0.15) is 0 Å². The molecule has 0 spiro atoms. The minimum absolute atomic E-state index is 0.374. The summed E-state index contributed by atoms with van der Waals surface area (Å²) in [5, 5.41) is 0. The Balaban J connectivity index is 1.95. The van der Waals surface area contributed by atoms with Gasteiger partial charge >= 0.3 is 0 Å². The van der Waals surface area contributed by atoms with Crippen LogP contribution in [0.25, 0.3) is 0 Å². The number of piperidine rings is 1. The fraction of sp³-hybridized carbons (Fsp3) is 0.643. The van der Waals surface area contributed by atoms with Crippen molar-refractivity contribution in [2.75, 3.05) is 31.6 Å². The van der Waals surface area contributed by atoms with Gasteiger partial charge in [-0.15, -0.1) is 0 Å². The maximum absolute atomic E-state index is 5.92. The highest BCUT2D eigenvalue weighted by molar-refractivity contribution is 5.39. The van der Waals surface area contributed by atoms with Crippen LogP contribution in [0, 0.1) is 0 Å². The van der Waals surface area contributed by atoms with Crippen LogP contribution in [-0.4, -0.2) is 42.6 Å². The zero-order chi connectivity index (χ0) is 13.0. The lowest BCUT2D eigenvalue weighted by Gasteiger charge is -2.31. The molecule has 100 valence electrons. The summed E-state index contributed by atoms with van der Waals surface area (Å²) in [6.07, 6.45) is 4.14. The summed E-state index contributed by atoms with van der Waals surface area (Å²) in [4.78, 5) is 9.18. The number of hydrogen-bond acceptors (Lipinski definition) is 4. The van der Waals surface area contributed by atoms with Crippen molar-refractivity contribution in [3.8, 4) is 0 Å². The second kappa shape index (κ2) is 6.16. The topological polar surface area (TPSA) is 45.4 Å². The van der Waals surface area contributed by atoms with E-state index in [0.29, 0.717) is 6.04 Å². The molecule has 0 atom stereocenters. The van der Waals surface area contributed by atoms with Gasteiger partial charge in [-0.1, -0.05) is 13.0 Å². The highest BCUT2D eigenvalue weighted by Crippen LogP contribution is 2.17. The predicted molar refractivity (Wildman–Crippen MR) is 75.7 cm³/mol. The van der Waals surface area contributed by atoms with Crippen LogP contribution in [0.4, 0.5) is 5.82 Å². The van der Waals surface area contributed by atoms with E-state index in [0.717, 1.165) is 44.8 Å². The van der Waals surface area contributed by atoms with Crippen molar-refractivity contribution in [2.24, 2.45) is 5.73 Å². The second-order valence-electron chi connectivity index (χ2n) is 5.18. The molecule has 1 fully saturated rings. The van der Waals surface area contributed by atoms with E-state index in [-0.39, 0.29) is 0 Å². The molecule has 1 aromatic rings. The number of aromatic nitrogens is 1. The Kier molecular flexibility index (Phi) is 4.55. The van der Waals surface area contributed by atoms with Gasteiger partial charge in [-0.25, -0.2) is 4.98 Å². The zero-order valence-corrected chi connectivity index (χ0v) is 11.5. The van der Waals surface area contributed by atoms with E-state index < -0.39 is 0 Å². The molecule has 0 bridgehead atoms. The van der Waals surface area contributed by atoms with E-state index in [1.54, 1.807) is 0 Å². The molecule has 2 N–H and O–H groups in total. The van der Waals surface area contributed by atoms with Gasteiger partial charge in [0.05, 0.1) is 0 Å². The fourth-order valence-electron chi connectivity index (χ4n) is 2.25. The lowest BCUT2D eigenvalue weighted by atomic mass is 10.1. The molecule has 0 aromatic carbocycles. The summed E-state index contributed by atoms with van der Waals surface area (Å²) in [6, 6.07) is 4.69. The second-order valence-corrected chi connectivity index (χ2v) is 5.18. The molecule has 0 saturated carbocycles. The monoisotopic (exact) mass is 248 g/mol. The SMILES string of the molecule is CCN(C)Cc1ccc(N2CCC(N)CC2)nc1. The normalized spacial score (nSPS) is 17.4. The molecule has 2 rings (SSSR count). The van der Waals surface area contributed by atoms with Crippen molar-refractivity contribution in [3.63, 3.8) is 0 Å². The first kappa shape index (κ1) is 13.3. The van der Waals surface area contributed by atoms with Crippen LogP contribution in [0.15, 0.2) is 18.3 Å². The van der Waals surface area contributed by atoms with Crippen LogP contribution in [0.5, 0.6) is 0 Å². The Morgan fingerprint density at radius 1 is 1.39 bits per heavy atom. The average Bonchev–Trinajstić information content (AvgIpc) is 2.40. The van der Waals surface area contributed by atoms with Gasteiger partial charge in [0.15, 0.2) is 0 Å². The molecule has 0 radical (unpaired) electrons. The number of nitrogens with two attached hydrogens (primary N) is 1. The van der Waals surface area contributed by atoms with Gasteiger partial charge in [0.25, 0.3) is 0 Å². The van der Waals surface area contributed by atoms with Gasteiger partial charge in [0.2, 0.25) is 0 Å². The Bertz CT molecular complexity index is 355. The van der Waals surface area contributed by atoms with Crippen molar-refractivity contribution < 1.29 is 0 Å². The molecule has 4 heteroatoms. The molecule has 0 amide bonds. The lowest BCUT2D eigenvalue weighted by Crippen LogP contribution is -2.40. The summed E-state index contributed by atoms with van der Waals surface area (Å²) in [5.74, 6) is 1.09. The number of nitrogens with zero attached hydrogens (tertiary/aromatic N) is 3. The molecular weight excluding hydrogens is 224 g/mol. The Labute approximate surface area is 110 Å². The summed E-state index contributed by atoms with van der Waals surface area (Å²) < 4.78 is 0. The van der Waals surface area contributed by atoms with Gasteiger partial charge in [0.1, 0.15) is 5.82 Å². The Hall–Kier alpha value is -1.13. The van der Waals surface area contributed by atoms with Crippen LogP contribution in [0.2, 0.25) is 0 Å². The maximum atomic E-state index is 5.92. The van der Waals surface area contributed by atoms with Crippen molar-refractivity contribution in [1.29, 1.82) is 0 Å². The third-order valence-corrected chi connectivity index (χ3v) is 3.67. The highest BCUT2D eigenvalue weighted by atomic mass is 15.2. The van der Waals surface area contributed by atoms with Gasteiger partial charge in [0, 0.05) is 31.9 Å². The number of anilines is 1. The molecular formula is C14H24N4. The zero-order valence-electron chi connectivity index (χ0n) is 11.5. The first-order valence-corrected chi connectivity index (χ1v) is 6.83. The molecule has 2 heterocycles. The Morgan fingerprint density at radius 2 is 2.11 bits per heavy atom. The van der Waals surface area contributed by atoms with Crippen molar-refractivity contribution >= 4 is 5.82 Å². The van der Waals surface area contributed by atoms with Crippen LogP contribution in [0.1, 0.15) is 25.3 Å². The third-order valence-electron chi connectivity index (χ3n) is 3.67. The van der Waals surface area contributed by atoms with E-state index in [2.05, 4.69) is 40.9 Å². The molecule has 1 aromatic heterocycles. The summed E-state index contributed by atoms with van der Waals surface area (Å²) in [7, 11) is 2.12. The summed E-state index contributed by atoms with van der Waals surface area (Å²) in [5.41, 5.74) is 7.19. The van der Waals surface area contributed by atoms with Crippen LogP contribution < -0.4 is 10.6 Å². The minimum Gasteiger partial charge on any atom is -0.357 e. The highest BCUT2D eigenvalue weighted by Gasteiger charge is 2.16. The lowest BCUT2D eigenvalue weighted by molar-refractivity contribution is 0.345. The first-order chi connectivity index (χ1) is 8.69. The van der Waals surface area contributed by atoms with Crippen LogP contribution >= 0.6 is 0 Å². The molecule has 4 nitrogen and oxygen atoms in total. The van der Waals surface area contributed by atoms with Gasteiger partial charge in [-0.05, 0) is 38.1 Å². The molecule has 1 saturated heterocycles. The molecule has 1 aliphatic rings. The summed E-state index contributed by atoms with van der Waals surface area (Å²) >= 11 is 0. The van der Waals surface area contributed by atoms with E-state index >= 15 is 0 Å². The van der Waals surface area contributed by atoms with E-state index in [9.17, 15) is 0 Å². The van der Waals surface area contributed by atoms with Crippen molar-refractivity contribution in [1.82, 2.24) is 9.88 Å². The van der Waals surface area contributed by atoms with E-state index in [4.69, 9.17) is 5.73 Å². The van der Waals surface area contributed by atoms with Crippen LogP contribution in [0.3, 0.4) is 0 Å². The van der Waals surface area contributed by atoms with E-state index in [1.807, 2.05) is 6.20 Å². The fourth-order valence-corrected chi connectivity index (χ4v) is 2.25. The number of pyridine rings is 1. The summed E-state index contributed by atoms with van der Waals surface area (Å²) in [6.45, 7) is 6.25. The first-order valence-electron chi connectivity index (χ1n) is 6.83. The predicted octanol–water partition coefficient (Wildman–Crippen LogP) is 1.46.